The van der Waals surface area contributed by atoms with E-state index in [2.05, 4.69) is 20.6 Å². The lowest BCUT2D eigenvalue weighted by Gasteiger charge is -2.09. The van der Waals surface area contributed by atoms with E-state index in [1.54, 1.807) is 19.2 Å². The van der Waals surface area contributed by atoms with Crippen molar-refractivity contribution >= 4 is 17.5 Å². The van der Waals surface area contributed by atoms with E-state index in [9.17, 15) is 9.18 Å². The van der Waals surface area contributed by atoms with E-state index in [1.807, 2.05) is 24.3 Å². The largest absolute Gasteiger partial charge is 0.497 e. The minimum absolute atomic E-state index is 0.0912. The summed E-state index contributed by atoms with van der Waals surface area (Å²) in [5.41, 5.74) is 0.213. The second-order valence-electron chi connectivity index (χ2n) is 5.65. The van der Waals surface area contributed by atoms with Crippen molar-refractivity contribution in [1.29, 1.82) is 0 Å². The van der Waals surface area contributed by atoms with E-state index in [4.69, 9.17) is 9.47 Å². The van der Waals surface area contributed by atoms with E-state index in [0.29, 0.717) is 18.9 Å². The lowest BCUT2D eigenvalue weighted by atomic mass is 10.3. The molecule has 7 nitrogen and oxygen atoms in total. The number of carbonyl (C=O) groups excluding carboxylic acids is 1. The molecule has 28 heavy (non-hydrogen) atoms. The maximum Gasteiger partial charge on any atom is 0.274 e. The Morgan fingerprint density at radius 1 is 1.07 bits per heavy atom. The molecule has 2 aromatic carbocycles. The van der Waals surface area contributed by atoms with Crippen LogP contribution in [-0.4, -0.2) is 36.1 Å². The Balaban J connectivity index is 1.51. The summed E-state index contributed by atoms with van der Waals surface area (Å²) in [6.07, 6.45) is 1.45. The van der Waals surface area contributed by atoms with Gasteiger partial charge in [0.05, 0.1) is 19.3 Å². The van der Waals surface area contributed by atoms with Gasteiger partial charge in [-0.15, -0.1) is 0 Å². The van der Waals surface area contributed by atoms with Crippen LogP contribution in [0.5, 0.6) is 11.5 Å². The fraction of sp³-hybridized carbons (Fsp3) is 0.150. The number of benzene rings is 2. The second kappa shape index (κ2) is 9.31. The highest BCUT2D eigenvalue weighted by Crippen LogP contribution is 2.17. The summed E-state index contributed by atoms with van der Waals surface area (Å²) in [6, 6.07) is 14.6. The number of para-hydroxylation sites is 1. The van der Waals surface area contributed by atoms with Crippen LogP contribution in [0.1, 0.15) is 10.5 Å². The maximum atomic E-state index is 13.7. The van der Waals surface area contributed by atoms with Crippen molar-refractivity contribution in [2.24, 2.45) is 0 Å². The van der Waals surface area contributed by atoms with Crippen molar-refractivity contribution in [2.75, 3.05) is 30.9 Å². The number of amides is 1. The molecule has 0 aliphatic carbocycles. The average molecular weight is 382 g/mol. The first-order valence-electron chi connectivity index (χ1n) is 8.55. The summed E-state index contributed by atoms with van der Waals surface area (Å²) in [5.74, 6) is 0.703. The summed E-state index contributed by atoms with van der Waals surface area (Å²) in [5, 5.41) is 5.47. The Bertz CT molecular complexity index is 935. The predicted octanol–water partition coefficient (Wildman–Crippen LogP) is 3.37. The van der Waals surface area contributed by atoms with Crippen molar-refractivity contribution in [3.8, 4) is 11.5 Å². The monoisotopic (exact) mass is 382 g/mol. The lowest BCUT2D eigenvalue weighted by molar-refractivity contribution is 0.102. The van der Waals surface area contributed by atoms with Crippen LogP contribution in [0.3, 0.4) is 0 Å². The molecule has 0 atom stereocenters. The lowest BCUT2D eigenvalue weighted by Crippen LogP contribution is -2.17. The van der Waals surface area contributed by atoms with Crippen LogP contribution in [0.25, 0.3) is 0 Å². The van der Waals surface area contributed by atoms with Crippen molar-refractivity contribution in [3.63, 3.8) is 0 Å². The summed E-state index contributed by atoms with van der Waals surface area (Å²) in [6.45, 7) is 0.811. The standard InChI is InChI=1S/C20H19FN4O3/c1-27-14-6-8-15(9-7-14)28-13-12-23-20-22-11-10-18(25-20)19(26)24-17-5-3-2-4-16(17)21/h2-11H,12-13H2,1H3,(H,24,26)(H,22,23,25). The minimum Gasteiger partial charge on any atom is -0.497 e. The molecule has 0 saturated heterocycles. The van der Waals surface area contributed by atoms with Gasteiger partial charge in [0.1, 0.15) is 29.6 Å². The highest BCUT2D eigenvalue weighted by atomic mass is 19.1. The van der Waals surface area contributed by atoms with Crippen molar-refractivity contribution < 1.29 is 18.7 Å². The third-order valence-corrected chi connectivity index (χ3v) is 3.72. The zero-order valence-electron chi connectivity index (χ0n) is 15.2. The van der Waals surface area contributed by atoms with Gasteiger partial charge < -0.3 is 20.1 Å². The van der Waals surface area contributed by atoms with Gasteiger partial charge in [0, 0.05) is 6.20 Å². The third-order valence-electron chi connectivity index (χ3n) is 3.72. The summed E-state index contributed by atoms with van der Waals surface area (Å²) >= 11 is 0. The van der Waals surface area contributed by atoms with Crippen LogP contribution >= 0.6 is 0 Å². The number of rotatable bonds is 8. The van der Waals surface area contributed by atoms with Gasteiger partial charge in [-0.05, 0) is 42.5 Å². The number of nitrogens with one attached hydrogen (secondary N) is 2. The van der Waals surface area contributed by atoms with Crippen LogP contribution in [0.2, 0.25) is 0 Å². The number of ether oxygens (including phenoxy) is 2. The van der Waals surface area contributed by atoms with Crippen LogP contribution in [0.4, 0.5) is 16.0 Å². The second-order valence-corrected chi connectivity index (χ2v) is 5.65. The average Bonchev–Trinajstić information content (AvgIpc) is 2.73. The molecule has 144 valence electrons. The minimum atomic E-state index is -0.523. The highest BCUT2D eigenvalue weighted by Gasteiger charge is 2.11. The molecule has 1 amide bonds. The number of aromatic nitrogens is 2. The van der Waals surface area contributed by atoms with Crippen molar-refractivity contribution in [2.45, 2.75) is 0 Å². The number of halogens is 1. The fourth-order valence-electron chi connectivity index (χ4n) is 2.32. The van der Waals surface area contributed by atoms with Crippen LogP contribution < -0.4 is 20.1 Å². The van der Waals surface area contributed by atoms with Gasteiger partial charge in [0.25, 0.3) is 5.91 Å². The predicted molar refractivity (Wildman–Crippen MR) is 103 cm³/mol. The van der Waals surface area contributed by atoms with E-state index in [1.165, 1.54) is 24.4 Å². The molecule has 1 heterocycles. The Hall–Kier alpha value is -3.68. The Morgan fingerprint density at radius 2 is 1.82 bits per heavy atom. The fourth-order valence-corrected chi connectivity index (χ4v) is 2.32. The Labute approximate surface area is 161 Å². The number of anilines is 2. The molecule has 0 aliphatic heterocycles. The van der Waals surface area contributed by atoms with Crippen LogP contribution in [-0.2, 0) is 0 Å². The first-order chi connectivity index (χ1) is 13.7. The van der Waals surface area contributed by atoms with Gasteiger partial charge in [-0.1, -0.05) is 12.1 Å². The van der Waals surface area contributed by atoms with Gasteiger partial charge in [-0.3, -0.25) is 4.79 Å². The molecule has 0 bridgehead atoms. The molecular weight excluding hydrogens is 363 g/mol. The number of carbonyl (C=O) groups is 1. The Morgan fingerprint density at radius 3 is 2.57 bits per heavy atom. The first-order valence-corrected chi connectivity index (χ1v) is 8.55. The SMILES string of the molecule is COc1ccc(OCCNc2nccc(C(=O)Nc3ccccc3F)n2)cc1. The molecule has 8 heteroatoms. The molecule has 3 aromatic rings. The quantitative estimate of drug-likeness (QED) is 0.581. The van der Waals surface area contributed by atoms with Crippen molar-refractivity contribution in [1.82, 2.24) is 9.97 Å². The molecule has 2 N–H and O–H groups in total. The molecular formula is C20H19FN4O3. The molecule has 0 spiro atoms. The van der Waals surface area contributed by atoms with Gasteiger partial charge in [0.2, 0.25) is 5.95 Å². The van der Waals surface area contributed by atoms with E-state index in [0.717, 1.165) is 5.75 Å². The summed E-state index contributed by atoms with van der Waals surface area (Å²) < 4.78 is 24.3. The maximum absolute atomic E-state index is 13.7. The van der Waals surface area contributed by atoms with Gasteiger partial charge in [-0.2, -0.15) is 0 Å². The molecule has 0 aliphatic rings. The van der Waals surface area contributed by atoms with Gasteiger partial charge in [-0.25, -0.2) is 14.4 Å². The first kappa shape index (κ1) is 19.1. The molecule has 3 rings (SSSR count). The number of hydrogen-bond acceptors (Lipinski definition) is 6. The summed E-state index contributed by atoms with van der Waals surface area (Å²) in [4.78, 5) is 20.5. The topological polar surface area (TPSA) is 85.4 Å². The van der Waals surface area contributed by atoms with Crippen molar-refractivity contribution in [3.05, 3.63) is 72.3 Å². The van der Waals surface area contributed by atoms with E-state index >= 15 is 0 Å². The van der Waals surface area contributed by atoms with Crippen LogP contribution in [0, 0.1) is 5.82 Å². The normalized spacial score (nSPS) is 10.2. The molecule has 0 radical (unpaired) electrons. The van der Waals surface area contributed by atoms with Crippen LogP contribution in [0.15, 0.2) is 60.8 Å². The molecule has 0 fully saturated rings. The highest BCUT2D eigenvalue weighted by molar-refractivity contribution is 6.03. The van der Waals surface area contributed by atoms with Gasteiger partial charge >= 0.3 is 0 Å². The smallest absolute Gasteiger partial charge is 0.274 e. The number of methoxy groups -OCH3 is 1. The third kappa shape index (κ3) is 5.16. The van der Waals surface area contributed by atoms with E-state index < -0.39 is 11.7 Å². The zero-order valence-corrected chi connectivity index (χ0v) is 15.2. The molecule has 0 unspecified atom stereocenters. The Kier molecular flexibility index (Phi) is 6.35. The zero-order chi connectivity index (χ0) is 19.8. The van der Waals surface area contributed by atoms with E-state index in [-0.39, 0.29) is 17.3 Å². The molecule has 0 saturated carbocycles. The van der Waals surface area contributed by atoms with Gasteiger partial charge in [0.15, 0.2) is 0 Å². The molecule has 1 aromatic heterocycles. The summed E-state index contributed by atoms with van der Waals surface area (Å²) in [7, 11) is 1.60. The number of hydrogen-bond donors (Lipinski definition) is 2. The number of nitrogens with zero attached hydrogens (tertiary/aromatic N) is 2.